The van der Waals surface area contributed by atoms with Crippen molar-refractivity contribution < 1.29 is 24.3 Å². The van der Waals surface area contributed by atoms with Crippen molar-refractivity contribution in [2.24, 2.45) is 0 Å². The van der Waals surface area contributed by atoms with E-state index in [1.165, 1.54) is 6.07 Å². The molecule has 1 aliphatic heterocycles. The molecule has 7 nitrogen and oxygen atoms in total. The highest BCUT2D eigenvalue weighted by atomic mass is 16.6. The van der Waals surface area contributed by atoms with Crippen LogP contribution in [0.15, 0.2) is 12.1 Å². The van der Waals surface area contributed by atoms with Crippen molar-refractivity contribution in [3.8, 4) is 11.5 Å². The van der Waals surface area contributed by atoms with Crippen LogP contribution in [0, 0.1) is 10.1 Å². The average molecular weight is 239 g/mol. The minimum absolute atomic E-state index is 0.104. The normalized spacial score (nSPS) is 13.9. The molecule has 1 aromatic rings. The molecule has 1 N–H and O–H groups in total. The molecule has 2 rings (SSSR count). The Bertz CT molecular complexity index is 484. The fourth-order valence-electron chi connectivity index (χ4n) is 1.57. The topological polar surface area (TPSA) is 98.9 Å². The molecule has 0 radical (unpaired) electrons. The zero-order chi connectivity index (χ0) is 12.4. The summed E-state index contributed by atoms with van der Waals surface area (Å²) in [6.07, 6.45) is 0.592. The lowest BCUT2D eigenvalue weighted by molar-refractivity contribution is -0.386. The van der Waals surface area contributed by atoms with Gasteiger partial charge in [-0.3, -0.25) is 10.1 Å². The summed E-state index contributed by atoms with van der Waals surface area (Å²) in [4.78, 5) is 21.0. The second-order valence-corrected chi connectivity index (χ2v) is 3.40. The van der Waals surface area contributed by atoms with Gasteiger partial charge in [0.2, 0.25) is 5.75 Å². The molecule has 0 amide bonds. The highest BCUT2D eigenvalue weighted by Gasteiger charge is 2.30. The molecule has 0 spiro atoms. The number of rotatable bonds is 2. The summed E-state index contributed by atoms with van der Waals surface area (Å²) >= 11 is 0. The first kappa shape index (κ1) is 11.2. The summed E-state index contributed by atoms with van der Waals surface area (Å²) in [6, 6.07) is 2.52. The molecule has 90 valence electrons. The van der Waals surface area contributed by atoms with Crippen LogP contribution in [0.25, 0.3) is 0 Å². The Labute approximate surface area is 95.7 Å². The van der Waals surface area contributed by atoms with E-state index in [9.17, 15) is 14.9 Å². The van der Waals surface area contributed by atoms with Crippen molar-refractivity contribution in [1.82, 2.24) is 0 Å². The third-order valence-corrected chi connectivity index (χ3v) is 2.30. The van der Waals surface area contributed by atoms with Gasteiger partial charge in [0.25, 0.3) is 0 Å². The summed E-state index contributed by atoms with van der Waals surface area (Å²) in [7, 11) is 0. The van der Waals surface area contributed by atoms with Crippen molar-refractivity contribution >= 4 is 11.7 Å². The molecule has 0 aliphatic carbocycles. The summed E-state index contributed by atoms with van der Waals surface area (Å²) in [6.45, 7) is 0.646. The standard InChI is InChI=1S/C10H9NO6/c12-10(13)6-2-3-7-9(8(6)11(14)15)17-5-1-4-16-7/h2-3H,1,4-5H2,(H,12,13). The summed E-state index contributed by atoms with van der Waals surface area (Å²) < 4.78 is 10.5. The van der Waals surface area contributed by atoms with Crippen LogP contribution in [-0.2, 0) is 0 Å². The van der Waals surface area contributed by atoms with Gasteiger partial charge >= 0.3 is 11.7 Å². The number of nitro groups is 1. The van der Waals surface area contributed by atoms with Gasteiger partial charge in [-0.15, -0.1) is 0 Å². The lowest BCUT2D eigenvalue weighted by Crippen LogP contribution is -2.06. The second-order valence-electron chi connectivity index (χ2n) is 3.40. The van der Waals surface area contributed by atoms with Crippen LogP contribution >= 0.6 is 0 Å². The third-order valence-electron chi connectivity index (χ3n) is 2.30. The minimum Gasteiger partial charge on any atom is -0.489 e. The van der Waals surface area contributed by atoms with E-state index in [1.54, 1.807) is 0 Å². The van der Waals surface area contributed by atoms with E-state index in [4.69, 9.17) is 14.6 Å². The lowest BCUT2D eigenvalue weighted by atomic mass is 10.1. The van der Waals surface area contributed by atoms with Gasteiger partial charge in [0, 0.05) is 6.42 Å². The highest BCUT2D eigenvalue weighted by molar-refractivity contribution is 5.94. The van der Waals surface area contributed by atoms with Crippen LogP contribution in [0.3, 0.4) is 0 Å². The van der Waals surface area contributed by atoms with Gasteiger partial charge in [0.1, 0.15) is 5.56 Å². The van der Waals surface area contributed by atoms with Crippen LogP contribution in [-0.4, -0.2) is 29.2 Å². The van der Waals surface area contributed by atoms with Crippen molar-refractivity contribution in [3.05, 3.63) is 27.8 Å². The number of carboxylic acids is 1. The maximum Gasteiger partial charge on any atom is 0.342 e. The first-order valence-corrected chi connectivity index (χ1v) is 4.91. The quantitative estimate of drug-likeness (QED) is 0.619. The number of benzene rings is 1. The van der Waals surface area contributed by atoms with Gasteiger partial charge in [-0.05, 0) is 12.1 Å². The number of aromatic carboxylic acids is 1. The maximum absolute atomic E-state index is 10.9. The third kappa shape index (κ3) is 1.99. The molecule has 0 saturated carbocycles. The van der Waals surface area contributed by atoms with Crippen LogP contribution in [0.1, 0.15) is 16.8 Å². The molecule has 0 aromatic heterocycles. The molecule has 1 aromatic carbocycles. The molecular weight excluding hydrogens is 230 g/mol. The smallest absolute Gasteiger partial charge is 0.342 e. The monoisotopic (exact) mass is 239 g/mol. The van der Waals surface area contributed by atoms with Gasteiger partial charge in [0.15, 0.2) is 5.75 Å². The number of carbonyl (C=O) groups is 1. The Kier molecular flexibility index (Phi) is 2.82. The molecule has 0 saturated heterocycles. The van der Waals surface area contributed by atoms with Crippen LogP contribution in [0.4, 0.5) is 5.69 Å². The second kappa shape index (κ2) is 4.28. The predicted octanol–water partition coefficient (Wildman–Crippen LogP) is 1.45. The first-order chi connectivity index (χ1) is 8.11. The molecule has 0 fully saturated rings. The van der Waals surface area contributed by atoms with E-state index >= 15 is 0 Å². The van der Waals surface area contributed by atoms with Gasteiger partial charge in [-0.25, -0.2) is 4.79 Å². The van der Waals surface area contributed by atoms with Crippen LogP contribution in [0.5, 0.6) is 11.5 Å². The molecule has 7 heteroatoms. The van der Waals surface area contributed by atoms with E-state index in [0.29, 0.717) is 13.0 Å². The zero-order valence-corrected chi connectivity index (χ0v) is 8.71. The fraction of sp³-hybridized carbons (Fsp3) is 0.300. The maximum atomic E-state index is 10.9. The van der Waals surface area contributed by atoms with Crippen molar-refractivity contribution in [2.75, 3.05) is 13.2 Å². The Morgan fingerprint density at radius 1 is 1.35 bits per heavy atom. The molecule has 1 aliphatic rings. The molecule has 1 heterocycles. The Morgan fingerprint density at radius 3 is 2.71 bits per heavy atom. The molecular formula is C10H9NO6. The molecule has 0 unspecified atom stereocenters. The number of nitrogens with zero attached hydrogens (tertiary/aromatic N) is 1. The number of carboxylic acid groups (broad SMARTS) is 1. The Balaban J connectivity index is 2.63. The van der Waals surface area contributed by atoms with E-state index in [1.807, 2.05) is 0 Å². The van der Waals surface area contributed by atoms with Gasteiger partial charge in [0.05, 0.1) is 18.1 Å². The van der Waals surface area contributed by atoms with Gasteiger partial charge in [-0.1, -0.05) is 0 Å². The van der Waals surface area contributed by atoms with E-state index < -0.39 is 22.1 Å². The Hall–Kier alpha value is -2.31. The molecule has 17 heavy (non-hydrogen) atoms. The highest BCUT2D eigenvalue weighted by Crippen LogP contribution is 2.40. The van der Waals surface area contributed by atoms with E-state index in [2.05, 4.69) is 0 Å². The number of ether oxygens (including phenoxy) is 2. The number of hydrogen-bond donors (Lipinski definition) is 1. The van der Waals surface area contributed by atoms with Crippen molar-refractivity contribution in [1.29, 1.82) is 0 Å². The number of hydrogen-bond acceptors (Lipinski definition) is 5. The van der Waals surface area contributed by atoms with Gasteiger partial charge in [-0.2, -0.15) is 0 Å². The molecule has 0 atom stereocenters. The van der Waals surface area contributed by atoms with Crippen molar-refractivity contribution in [3.63, 3.8) is 0 Å². The minimum atomic E-state index is -1.37. The largest absolute Gasteiger partial charge is 0.489 e. The van der Waals surface area contributed by atoms with Gasteiger partial charge < -0.3 is 14.6 Å². The number of nitro benzene ring substituents is 1. The zero-order valence-electron chi connectivity index (χ0n) is 8.71. The first-order valence-electron chi connectivity index (χ1n) is 4.91. The van der Waals surface area contributed by atoms with E-state index in [-0.39, 0.29) is 18.1 Å². The lowest BCUT2D eigenvalue weighted by Gasteiger charge is -2.08. The predicted molar refractivity (Wildman–Crippen MR) is 55.7 cm³/mol. The van der Waals surface area contributed by atoms with E-state index in [0.717, 1.165) is 6.07 Å². The van der Waals surface area contributed by atoms with Crippen LogP contribution < -0.4 is 9.47 Å². The fourth-order valence-corrected chi connectivity index (χ4v) is 1.57. The number of fused-ring (bicyclic) bond motifs is 1. The average Bonchev–Trinajstić information content (AvgIpc) is 2.51. The van der Waals surface area contributed by atoms with Crippen molar-refractivity contribution in [2.45, 2.75) is 6.42 Å². The summed E-state index contributed by atoms with van der Waals surface area (Å²) in [5.41, 5.74) is -0.962. The molecule has 0 bridgehead atoms. The summed E-state index contributed by atoms with van der Waals surface area (Å²) in [5, 5.41) is 19.8. The van der Waals surface area contributed by atoms with Crippen LogP contribution in [0.2, 0.25) is 0 Å². The summed E-state index contributed by atoms with van der Waals surface area (Å²) in [5.74, 6) is -1.26. The SMILES string of the molecule is O=C(O)c1ccc2c(c1[N+](=O)[O-])OCCCO2. The Morgan fingerprint density at radius 2 is 2.06 bits per heavy atom.